The minimum Gasteiger partial charge on any atom is -0.0876 e. The van der Waals surface area contributed by atoms with E-state index in [0.717, 1.165) is 10.7 Å². The molecular weight excluding hydrogens is 336 g/mol. The van der Waals surface area contributed by atoms with Gasteiger partial charge < -0.3 is 0 Å². The zero-order valence-corrected chi connectivity index (χ0v) is 10.5. The van der Waals surface area contributed by atoms with E-state index in [4.69, 9.17) is 0 Å². The molecule has 1 aromatic rings. The summed E-state index contributed by atoms with van der Waals surface area (Å²) in [4.78, 5) is 0. The Morgan fingerprint density at radius 1 is 1.00 bits per heavy atom. The summed E-state index contributed by atoms with van der Waals surface area (Å²) in [6.45, 7) is 0. The molecule has 0 aliphatic rings. The molecule has 0 spiro atoms. The van der Waals surface area contributed by atoms with Gasteiger partial charge in [0.1, 0.15) is 0 Å². The normalized spacial score (nSPS) is 10.1. The highest BCUT2D eigenvalue weighted by atomic mass is 79.9. The van der Waals surface area contributed by atoms with Crippen molar-refractivity contribution in [1.29, 1.82) is 0 Å². The lowest BCUT2D eigenvalue weighted by Gasteiger charge is -2.03. The minimum atomic E-state index is 0.897. The maximum atomic E-state index is 3.54. The first-order chi connectivity index (χ1) is 5.29. The standard InChI is InChI=1S/C8H7Br3/c9-4-6-2-1-3-7(5-10)8(6)11/h1-3H,4-5H2. The highest BCUT2D eigenvalue weighted by molar-refractivity contribution is 9.11. The highest BCUT2D eigenvalue weighted by Gasteiger charge is 2.01. The quantitative estimate of drug-likeness (QED) is 0.705. The van der Waals surface area contributed by atoms with Gasteiger partial charge in [-0.25, -0.2) is 0 Å². The first kappa shape index (κ1) is 9.75. The van der Waals surface area contributed by atoms with Crippen molar-refractivity contribution in [3.05, 3.63) is 33.8 Å². The molecule has 0 radical (unpaired) electrons. The third-order valence-electron chi connectivity index (χ3n) is 1.45. The molecule has 1 aromatic carbocycles. The second-order valence-electron chi connectivity index (χ2n) is 2.16. The lowest BCUT2D eigenvalue weighted by atomic mass is 10.2. The van der Waals surface area contributed by atoms with E-state index in [1.54, 1.807) is 0 Å². The monoisotopic (exact) mass is 340 g/mol. The van der Waals surface area contributed by atoms with Crippen LogP contribution < -0.4 is 0 Å². The number of rotatable bonds is 2. The van der Waals surface area contributed by atoms with Crippen LogP contribution in [-0.2, 0) is 10.7 Å². The Morgan fingerprint density at radius 3 is 1.82 bits per heavy atom. The Labute approximate surface area is 91.8 Å². The van der Waals surface area contributed by atoms with Crippen molar-refractivity contribution in [2.45, 2.75) is 10.7 Å². The molecule has 3 heteroatoms. The van der Waals surface area contributed by atoms with Crippen molar-refractivity contribution in [2.75, 3.05) is 0 Å². The minimum absolute atomic E-state index is 0.897. The molecule has 0 bridgehead atoms. The molecular formula is C8H7Br3. The molecule has 0 fully saturated rings. The summed E-state index contributed by atoms with van der Waals surface area (Å²) in [6, 6.07) is 6.27. The van der Waals surface area contributed by atoms with E-state index < -0.39 is 0 Å². The van der Waals surface area contributed by atoms with Gasteiger partial charge in [-0.3, -0.25) is 0 Å². The number of alkyl halides is 2. The second-order valence-corrected chi connectivity index (χ2v) is 4.07. The van der Waals surface area contributed by atoms with E-state index in [9.17, 15) is 0 Å². The molecule has 60 valence electrons. The largest absolute Gasteiger partial charge is 0.0876 e. The molecule has 0 N–H and O–H groups in total. The van der Waals surface area contributed by atoms with Crippen LogP contribution in [0.1, 0.15) is 11.1 Å². The third kappa shape index (κ3) is 2.30. The average molecular weight is 343 g/mol. The van der Waals surface area contributed by atoms with Crippen molar-refractivity contribution in [3.8, 4) is 0 Å². The van der Waals surface area contributed by atoms with Gasteiger partial charge in [-0.2, -0.15) is 0 Å². The van der Waals surface area contributed by atoms with Crippen LogP contribution in [0.5, 0.6) is 0 Å². The molecule has 11 heavy (non-hydrogen) atoms. The maximum Gasteiger partial charge on any atom is 0.0294 e. The molecule has 0 aliphatic heterocycles. The molecule has 0 aromatic heterocycles. The van der Waals surface area contributed by atoms with Gasteiger partial charge in [0.15, 0.2) is 0 Å². The van der Waals surface area contributed by atoms with E-state index in [-0.39, 0.29) is 0 Å². The fourth-order valence-electron chi connectivity index (χ4n) is 0.839. The van der Waals surface area contributed by atoms with Crippen LogP contribution in [0.2, 0.25) is 0 Å². The first-order valence-corrected chi connectivity index (χ1v) is 6.21. The summed E-state index contributed by atoms with van der Waals surface area (Å²) in [7, 11) is 0. The molecule has 1 rings (SSSR count). The van der Waals surface area contributed by atoms with Crippen LogP contribution in [0.25, 0.3) is 0 Å². The summed E-state index contributed by atoms with van der Waals surface area (Å²) < 4.78 is 1.20. The van der Waals surface area contributed by atoms with Crippen LogP contribution in [0.15, 0.2) is 22.7 Å². The Morgan fingerprint density at radius 2 is 1.45 bits per heavy atom. The summed E-state index contributed by atoms with van der Waals surface area (Å²) in [5, 5.41) is 1.79. The topological polar surface area (TPSA) is 0 Å². The predicted molar refractivity (Wildman–Crippen MR) is 59.4 cm³/mol. The first-order valence-electron chi connectivity index (χ1n) is 3.17. The molecule has 0 nitrogen and oxygen atoms in total. The number of hydrogen-bond acceptors (Lipinski definition) is 0. The van der Waals surface area contributed by atoms with Gasteiger partial charge in [-0.1, -0.05) is 66.0 Å². The number of benzene rings is 1. The fraction of sp³-hybridized carbons (Fsp3) is 0.250. The highest BCUT2D eigenvalue weighted by Crippen LogP contribution is 2.25. The summed E-state index contributed by atoms with van der Waals surface area (Å²) in [6.07, 6.45) is 0. The van der Waals surface area contributed by atoms with E-state index >= 15 is 0 Å². The smallest absolute Gasteiger partial charge is 0.0294 e. The second kappa shape index (κ2) is 4.63. The zero-order chi connectivity index (χ0) is 8.27. The lowest BCUT2D eigenvalue weighted by Crippen LogP contribution is -1.85. The molecule has 0 unspecified atom stereocenters. The van der Waals surface area contributed by atoms with Crippen molar-refractivity contribution >= 4 is 47.8 Å². The molecule has 0 saturated heterocycles. The van der Waals surface area contributed by atoms with Crippen LogP contribution in [0, 0.1) is 0 Å². The number of hydrogen-bond donors (Lipinski definition) is 0. The SMILES string of the molecule is BrCc1cccc(CBr)c1Br. The van der Waals surface area contributed by atoms with E-state index in [1.807, 2.05) is 0 Å². The fourth-order valence-corrected chi connectivity index (χ4v) is 3.07. The zero-order valence-electron chi connectivity index (χ0n) is 5.78. The van der Waals surface area contributed by atoms with Gasteiger partial charge in [0.25, 0.3) is 0 Å². The van der Waals surface area contributed by atoms with Gasteiger partial charge in [-0.05, 0) is 11.1 Å². The van der Waals surface area contributed by atoms with Crippen LogP contribution in [0.3, 0.4) is 0 Å². The van der Waals surface area contributed by atoms with Gasteiger partial charge in [-0.15, -0.1) is 0 Å². The van der Waals surface area contributed by atoms with Crippen molar-refractivity contribution in [3.63, 3.8) is 0 Å². The Kier molecular flexibility index (Phi) is 4.10. The van der Waals surface area contributed by atoms with Gasteiger partial charge in [0.05, 0.1) is 0 Å². The predicted octanol–water partition coefficient (Wildman–Crippen LogP) is 4.24. The average Bonchev–Trinajstić information content (AvgIpc) is 2.05. The Balaban J connectivity index is 3.10. The third-order valence-corrected chi connectivity index (χ3v) is 3.67. The summed E-state index contributed by atoms with van der Waals surface area (Å²) >= 11 is 10.4. The van der Waals surface area contributed by atoms with E-state index in [1.165, 1.54) is 15.6 Å². The molecule has 0 saturated carbocycles. The van der Waals surface area contributed by atoms with Gasteiger partial charge >= 0.3 is 0 Å². The van der Waals surface area contributed by atoms with Gasteiger partial charge in [0, 0.05) is 15.1 Å². The Hall–Kier alpha value is 0.660. The van der Waals surface area contributed by atoms with Crippen molar-refractivity contribution < 1.29 is 0 Å². The van der Waals surface area contributed by atoms with Crippen molar-refractivity contribution in [1.82, 2.24) is 0 Å². The van der Waals surface area contributed by atoms with E-state index in [0.29, 0.717) is 0 Å². The van der Waals surface area contributed by atoms with Crippen LogP contribution in [-0.4, -0.2) is 0 Å². The molecule has 0 atom stereocenters. The molecule has 0 aliphatic carbocycles. The van der Waals surface area contributed by atoms with E-state index in [2.05, 4.69) is 66.0 Å². The van der Waals surface area contributed by atoms with Crippen LogP contribution in [0.4, 0.5) is 0 Å². The lowest BCUT2D eigenvalue weighted by molar-refractivity contribution is 1.31. The summed E-state index contributed by atoms with van der Waals surface area (Å²) in [5.41, 5.74) is 2.59. The number of halogens is 3. The summed E-state index contributed by atoms with van der Waals surface area (Å²) in [5.74, 6) is 0. The van der Waals surface area contributed by atoms with Crippen molar-refractivity contribution in [2.24, 2.45) is 0 Å². The Bertz CT molecular complexity index is 223. The van der Waals surface area contributed by atoms with Crippen LogP contribution >= 0.6 is 47.8 Å². The maximum absolute atomic E-state index is 3.54. The molecule has 0 amide bonds. The molecule has 0 heterocycles. The van der Waals surface area contributed by atoms with Gasteiger partial charge in [0.2, 0.25) is 0 Å².